The van der Waals surface area contributed by atoms with Crippen molar-refractivity contribution in [2.75, 3.05) is 20.3 Å². The van der Waals surface area contributed by atoms with Crippen LogP contribution in [0.3, 0.4) is 0 Å². The molecule has 4 heteroatoms. The maximum atomic E-state index is 5.66. The molecule has 0 aliphatic heterocycles. The molecule has 0 aliphatic carbocycles. The van der Waals surface area contributed by atoms with E-state index in [0.29, 0.717) is 13.2 Å². The molecule has 1 atom stereocenters. The van der Waals surface area contributed by atoms with Gasteiger partial charge in [-0.25, -0.2) is 0 Å². The lowest BCUT2D eigenvalue weighted by Crippen LogP contribution is -2.15. The van der Waals surface area contributed by atoms with E-state index in [9.17, 15) is 0 Å². The third-order valence-electron chi connectivity index (χ3n) is 2.74. The molecule has 102 valence electrons. The first-order valence-corrected chi connectivity index (χ1v) is 6.90. The zero-order valence-corrected chi connectivity index (χ0v) is 13.0. The van der Waals surface area contributed by atoms with Crippen molar-refractivity contribution in [1.82, 2.24) is 0 Å². The van der Waals surface area contributed by atoms with Crippen LogP contribution in [0.4, 0.5) is 0 Å². The summed E-state index contributed by atoms with van der Waals surface area (Å²) < 4.78 is 17.4. The van der Waals surface area contributed by atoms with Crippen LogP contribution in [-0.2, 0) is 16.1 Å². The number of benzene rings is 1. The van der Waals surface area contributed by atoms with Crippen molar-refractivity contribution in [3.05, 3.63) is 27.7 Å². The normalized spacial score (nSPS) is 12.5. The molecule has 0 spiro atoms. The molecular formula is C14H21BrO3. The van der Waals surface area contributed by atoms with Gasteiger partial charge in [-0.3, -0.25) is 0 Å². The van der Waals surface area contributed by atoms with Gasteiger partial charge < -0.3 is 14.2 Å². The van der Waals surface area contributed by atoms with Crippen LogP contribution in [0.2, 0.25) is 0 Å². The second kappa shape index (κ2) is 7.77. The number of methoxy groups -OCH3 is 1. The Morgan fingerprint density at radius 1 is 1.33 bits per heavy atom. The van der Waals surface area contributed by atoms with Crippen LogP contribution in [-0.4, -0.2) is 26.4 Å². The van der Waals surface area contributed by atoms with E-state index in [1.54, 1.807) is 7.11 Å². The highest BCUT2D eigenvalue weighted by molar-refractivity contribution is 9.10. The predicted molar refractivity (Wildman–Crippen MR) is 76.2 cm³/mol. The Balaban J connectivity index is 2.58. The number of hydrogen-bond acceptors (Lipinski definition) is 3. The first-order valence-electron chi connectivity index (χ1n) is 6.11. The van der Waals surface area contributed by atoms with Gasteiger partial charge >= 0.3 is 0 Å². The standard InChI is InChI=1S/C14H21BrO3/c1-5-18-10(2)8-17-9-12-6-7-13(15)14(16-4)11(12)3/h6-7,10H,5,8-9H2,1-4H3. The van der Waals surface area contributed by atoms with Gasteiger partial charge in [-0.2, -0.15) is 0 Å². The van der Waals surface area contributed by atoms with Crippen molar-refractivity contribution in [3.63, 3.8) is 0 Å². The SMILES string of the molecule is CCOC(C)COCc1ccc(Br)c(OC)c1C. The second-order valence-electron chi connectivity index (χ2n) is 4.15. The van der Waals surface area contributed by atoms with Crippen molar-refractivity contribution < 1.29 is 14.2 Å². The maximum Gasteiger partial charge on any atom is 0.136 e. The summed E-state index contributed by atoms with van der Waals surface area (Å²) in [6.45, 7) is 7.93. The van der Waals surface area contributed by atoms with Gasteiger partial charge in [-0.05, 0) is 53.9 Å². The summed E-state index contributed by atoms with van der Waals surface area (Å²) >= 11 is 3.47. The molecule has 0 amide bonds. The first-order chi connectivity index (χ1) is 8.60. The summed E-state index contributed by atoms with van der Waals surface area (Å²) in [6.07, 6.45) is 0.132. The van der Waals surface area contributed by atoms with Crippen molar-refractivity contribution in [3.8, 4) is 5.75 Å². The molecule has 0 heterocycles. The third kappa shape index (κ3) is 4.26. The average molecular weight is 317 g/mol. The van der Waals surface area contributed by atoms with Crippen LogP contribution in [0.1, 0.15) is 25.0 Å². The van der Waals surface area contributed by atoms with Gasteiger partial charge in [-0.1, -0.05) is 6.07 Å². The Morgan fingerprint density at radius 2 is 2.06 bits per heavy atom. The van der Waals surface area contributed by atoms with Gasteiger partial charge in [0.25, 0.3) is 0 Å². The molecule has 0 saturated carbocycles. The Labute approximate surface area is 118 Å². The molecule has 0 aromatic heterocycles. The Bertz CT molecular complexity index is 380. The predicted octanol–water partition coefficient (Wildman–Crippen LogP) is 3.71. The fraction of sp³-hybridized carbons (Fsp3) is 0.571. The Kier molecular flexibility index (Phi) is 6.68. The number of hydrogen-bond donors (Lipinski definition) is 0. The first kappa shape index (κ1) is 15.5. The molecule has 1 aromatic carbocycles. The fourth-order valence-electron chi connectivity index (χ4n) is 1.77. The molecule has 1 aromatic rings. The summed E-state index contributed by atoms with van der Waals surface area (Å²) in [6, 6.07) is 4.03. The number of halogens is 1. The molecule has 1 rings (SSSR count). The van der Waals surface area contributed by atoms with E-state index < -0.39 is 0 Å². The lowest BCUT2D eigenvalue weighted by atomic mass is 10.1. The summed E-state index contributed by atoms with van der Waals surface area (Å²) in [5.74, 6) is 0.869. The minimum atomic E-state index is 0.132. The Morgan fingerprint density at radius 3 is 2.67 bits per heavy atom. The molecular weight excluding hydrogens is 296 g/mol. The van der Waals surface area contributed by atoms with E-state index in [4.69, 9.17) is 14.2 Å². The van der Waals surface area contributed by atoms with Crippen LogP contribution in [0.25, 0.3) is 0 Å². The molecule has 0 N–H and O–H groups in total. The highest BCUT2D eigenvalue weighted by atomic mass is 79.9. The Hall–Kier alpha value is -0.580. The van der Waals surface area contributed by atoms with Gasteiger partial charge in [0.05, 0.1) is 30.9 Å². The minimum Gasteiger partial charge on any atom is -0.495 e. The van der Waals surface area contributed by atoms with Gasteiger partial charge in [-0.15, -0.1) is 0 Å². The highest BCUT2D eigenvalue weighted by Crippen LogP contribution is 2.31. The quantitative estimate of drug-likeness (QED) is 0.767. The average Bonchev–Trinajstić information content (AvgIpc) is 2.33. The van der Waals surface area contributed by atoms with Crippen LogP contribution in [0.5, 0.6) is 5.75 Å². The summed E-state index contributed by atoms with van der Waals surface area (Å²) in [7, 11) is 1.68. The summed E-state index contributed by atoms with van der Waals surface area (Å²) in [5, 5.41) is 0. The van der Waals surface area contributed by atoms with Crippen molar-refractivity contribution in [2.24, 2.45) is 0 Å². The molecule has 18 heavy (non-hydrogen) atoms. The zero-order valence-electron chi connectivity index (χ0n) is 11.5. The van der Waals surface area contributed by atoms with Crippen LogP contribution >= 0.6 is 15.9 Å². The fourth-order valence-corrected chi connectivity index (χ4v) is 2.37. The minimum absolute atomic E-state index is 0.132. The monoisotopic (exact) mass is 316 g/mol. The van der Waals surface area contributed by atoms with E-state index in [2.05, 4.69) is 15.9 Å². The molecule has 0 saturated heterocycles. The van der Waals surface area contributed by atoms with Crippen LogP contribution < -0.4 is 4.74 Å². The topological polar surface area (TPSA) is 27.7 Å². The van der Waals surface area contributed by atoms with E-state index in [1.807, 2.05) is 32.9 Å². The van der Waals surface area contributed by atoms with Crippen molar-refractivity contribution >= 4 is 15.9 Å². The van der Waals surface area contributed by atoms with Gasteiger partial charge in [0.15, 0.2) is 0 Å². The lowest BCUT2D eigenvalue weighted by Gasteiger charge is -2.15. The molecule has 0 fully saturated rings. The van der Waals surface area contributed by atoms with Crippen LogP contribution in [0, 0.1) is 6.92 Å². The van der Waals surface area contributed by atoms with Gasteiger partial charge in [0, 0.05) is 6.61 Å². The summed E-state index contributed by atoms with van der Waals surface area (Å²) in [4.78, 5) is 0. The van der Waals surface area contributed by atoms with Crippen molar-refractivity contribution in [2.45, 2.75) is 33.5 Å². The van der Waals surface area contributed by atoms with Crippen molar-refractivity contribution in [1.29, 1.82) is 0 Å². The lowest BCUT2D eigenvalue weighted by molar-refractivity contribution is -0.00727. The van der Waals surface area contributed by atoms with E-state index >= 15 is 0 Å². The number of ether oxygens (including phenoxy) is 3. The molecule has 0 radical (unpaired) electrons. The van der Waals surface area contributed by atoms with Gasteiger partial charge in [0.2, 0.25) is 0 Å². The largest absolute Gasteiger partial charge is 0.495 e. The maximum absolute atomic E-state index is 5.66. The zero-order chi connectivity index (χ0) is 13.5. The van der Waals surface area contributed by atoms with E-state index in [-0.39, 0.29) is 6.10 Å². The van der Waals surface area contributed by atoms with E-state index in [1.165, 1.54) is 0 Å². The van der Waals surface area contributed by atoms with E-state index in [0.717, 1.165) is 28.0 Å². The van der Waals surface area contributed by atoms with Crippen LogP contribution in [0.15, 0.2) is 16.6 Å². The molecule has 1 unspecified atom stereocenters. The molecule has 3 nitrogen and oxygen atoms in total. The van der Waals surface area contributed by atoms with Gasteiger partial charge in [0.1, 0.15) is 5.75 Å². The third-order valence-corrected chi connectivity index (χ3v) is 3.36. The second-order valence-corrected chi connectivity index (χ2v) is 5.00. The molecule has 0 bridgehead atoms. The highest BCUT2D eigenvalue weighted by Gasteiger charge is 2.09. The molecule has 0 aliphatic rings. The summed E-state index contributed by atoms with van der Waals surface area (Å²) in [5.41, 5.74) is 2.25. The smallest absolute Gasteiger partial charge is 0.136 e. The number of rotatable bonds is 7.